The molecule has 2 atom stereocenters. The standard InChI is InChI=1S/C46H82NO7P/c1-6-8-10-12-14-16-18-20-21-22-23-24-25-26-27-28-29-31-33-35-37-39-46(48)54-45(44-53-55(49,50)52-42-40-47(3,4)5)43-51-41-38-36-34-32-30-19-17-15-13-11-9-7-2/h8,10,13-16,20-21,23-24,26-27,45H,6-7,9,11-12,17-19,22,25,28-44H2,1-5H3/p+1/b10-8-,15-13-,16-14-,21-20-,24-23-,27-26-. The molecule has 2 unspecified atom stereocenters. The van der Waals surface area contributed by atoms with Crippen LogP contribution in [0.1, 0.15) is 155 Å². The van der Waals surface area contributed by atoms with Gasteiger partial charge in [0, 0.05) is 13.0 Å². The summed E-state index contributed by atoms with van der Waals surface area (Å²) in [6.07, 6.45) is 49.3. The normalized spacial score (nSPS) is 14.5. The number of carbonyl (C=O) groups is 1. The van der Waals surface area contributed by atoms with Gasteiger partial charge >= 0.3 is 13.8 Å². The molecule has 0 aromatic heterocycles. The number of hydrogen-bond donors (Lipinski definition) is 1. The van der Waals surface area contributed by atoms with E-state index in [0.29, 0.717) is 24.1 Å². The second-order valence-electron chi connectivity index (χ2n) is 15.3. The number of likely N-dealkylation sites (N-methyl/N-ethyl adjacent to an activating group) is 1. The SMILES string of the molecule is CC/C=C\C/C=C\C/C=C\C/C=C\C/C=C\CCCCCCCC(=O)OC(COCCCCCCCC/C=C\CCCC)COP(=O)(O)OCC[N+](C)(C)C. The fourth-order valence-corrected chi connectivity index (χ4v) is 6.12. The van der Waals surface area contributed by atoms with Gasteiger partial charge in [-0.15, -0.1) is 0 Å². The summed E-state index contributed by atoms with van der Waals surface area (Å²) < 4.78 is 34.9. The Labute approximate surface area is 338 Å². The van der Waals surface area contributed by atoms with Gasteiger partial charge in [0.25, 0.3) is 0 Å². The van der Waals surface area contributed by atoms with E-state index in [-0.39, 0.29) is 25.8 Å². The molecule has 0 amide bonds. The average molecular weight is 793 g/mol. The fraction of sp³-hybridized carbons (Fsp3) is 0.717. The maximum Gasteiger partial charge on any atom is 0.472 e. The van der Waals surface area contributed by atoms with Gasteiger partial charge in [0.1, 0.15) is 19.3 Å². The Kier molecular flexibility index (Phi) is 37.3. The molecule has 0 aliphatic rings. The lowest BCUT2D eigenvalue weighted by Gasteiger charge is -2.24. The Bertz CT molecular complexity index is 1110. The first-order valence-electron chi connectivity index (χ1n) is 21.7. The van der Waals surface area contributed by atoms with E-state index in [9.17, 15) is 14.3 Å². The summed E-state index contributed by atoms with van der Waals surface area (Å²) in [5.41, 5.74) is 0. The van der Waals surface area contributed by atoms with Crippen LogP contribution in [0.25, 0.3) is 0 Å². The molecule has 1 N–H and O–H groups in total. The first-order chi connectivity index (χ1) is 26.6. The Hall–Kier alpha value is -2.06. The molecule has 0 bridgehead atoms. The fourth-order valence-electron chi connectivity index (χ4n) is 5.38. The monoisotopic (exact) mass is 793 g/mol. The zero-order valence-corrected chi connectivity index (χ0v) is 36.8. The summed E-state index contributed by atoms with van der Waals surface area (Å²) in [4.78, 5) is 22.9. The highest BCUT2D eigenvalue weighted by molar-refractivity contribution is 7.47. The van der Waals surface area contributed by atoms with Gasteiger partial charge in [0.05, 0.1) is 34.4 Å². The van der Waals surface area contributed by atoms with E-state index >= 15 is 0 Å². The van der Waals surface area contributed by atoms with Gasteiger partial charge in [-0.25, -0.2) is 4.57 Å². The first kappa shape index (κ1) is 52.9. The third-order valence-corrected chi connectivity index (χ3v) is 9.74. The summed E-state index contributed by atoms with van der Waals surface area (Å²) in [6, 6.07) is 0. The van der Waals surface area contributed by atoms with Crippen LogP contribution in [0.3, 0.4) is 0 Å². The number of nitrogens with zero attached hydrogens (tertiary/aromatic N) is 1. The summed E-state index contributed by atoms with van der Waals surface area (Å²) in [7, 11) is 1.64. The largest absolute Gasteiger partial charge is 0.472 e. The van der Waals surface area contributed by atoms with Crippen molar-refractivity contribution in [2.24, 2.45) is 0 Å². The molecule has 0 heterocycles. The molecule has 0 aromatic rings. The van der Waals surface area contributed by atoms with Crippen molar-refractivity contribution < 1.29 is 37.3 Å². The number of phosphoric ester groups is 1. The third kappa shape index (κ3) is 42.9. The van der Waals surface area contributed by atoms with Crippen molar-refractivity contribution in [1.29, 1.82) is 0 Å². The van der Waals surface area contributed by atoms with Crippen LogP contribution in [0.2, 0.25) is 0 Å². The Morgan fingerprint density at radius 2 is 1.05 bits per heavy atom. The molecular weight excluding hydrogens is 709 g/mol. The second kappa shape index (κ2) is 38.8. The van der Waals surface area contributed by atoms with Crippen LogP contribution >= 0.6 is 7.82 Å². The molecule has 0 spiro atoms. The van der Waals surface area contributed by atoms with Gasteiger partial charge in [-0.3, -0.25) is 13.8 Å². The predicted octanol–water partition coefficient (Wildman–Crippen LogP) is 12.7. The smallest absolute Gasteiger partial charge is 0.457 e. The van der Waals surface area contributed by atoms with Gasteiger partial charge in [0.2, 0.25) is 0 Å². The first-order valence-corrected chi connectivity index (χ1v) is 23.2. The summed E-state index contributed by atoms with van der Waals surface area (Å²) in [5.74, 6) is -0.338. The van der Waals surface area contributed by atoms with E-state index in [4.69, 9.17) is 18.5 Å². The van der Waals surface area contributed by atoms with Crippen LogP contribution < -0.4 is 0 Å². The second-order valence-corrected chi connectivity index (χ2v) is 16.8. The topological polar surface area (TPSA) is 91.3 Å². The number of quaternary nitrogens is 1. The van der Waals surface area contributed by atoms with Crippen molar-refractivity contribution >= 4 is 13.8 Å². The maximum atomic E-state index is 12.7. The van der Waals surface area contributed by atoms with Crippen LogP contribution in [-0.4, -0.2) is 75.6 Å². The number of unbranched alkanes of at least 4 members (excludes halogenated alkanes) is 13. The van der Waals surface area contributed by atoms with Crippen molar-refractivity contribution in [1.82, 2.24) is 0 Å². The van der Waals surface area contributed by atoms with E-state index in [0.717, 1.165) is 83.5 Å². The van der Waals surface area contributed by atoms with Crippen LogP contribution in [0, 0.1) is 0 Å². The minimum atomic E-state index is -4.28. The number of allylic oxidation sites excluding steroid dienone is 12. The molecule has 318 valence electrons. The van der Waals surface area contributed by atoms with Crippen LogP contribution in [0.5, 0.6) is 0 Å². The maximum absolute atomic E-state index is 12.7. The molecule has 0 aromatic carbocycles. The van der Waals surface area contributed by atoms with Gasteiger partial charge in [-0.1, -0.05) is 145 Å². The number of esters is 1. The van der Waals surface area contributed by atoms with E-state index in [1.165, 1.54) is 51.4 Å². The molecule has 0 radical (unpaired) electrons. The molecule has 9 heteroatoms. The molecule has 0 rings (SSSR count). The van der Waals surface area contributed by atoms with Crippen LogP contribution in [-0.2, 0) is 27.9 Å². The summed E-state index contributed by atoms with van der Waals surface area (Å²) in [6.45, 7) is 5.41. The van der Waals surface area contributed by atoms with Gasteiger partial charge < -0.3 is 18.9 Å². The van der Waals surface area contributed by atoms with E-state index in [2.05, 4.69) is 86.8 Å². The van der Waals surface area contributed by atoms with Gasteiger partial charge in [-0.05, 0) is 77.0 Å². The molecular formula is C46H83NO7P+. The lowest BCUT2D eigenvalue weighted by atomic mass is 10.1. The van der Waals surface area contributed by atoms with Crippen molar-refractivity contribution in [3.05, 3.63) is 72.9 Å². The molecule has 0 saturated carbocycles. The predicted molar refractivity (Wildman–Crippen MR) is 233 cm³/mol. The zero-order valence-electron chi connectivity index (χ0n) is 35.9. The lowest BCUT2D eigenvalue weighted by Crippen LogP contribution is -2.37. The molecule has 8 nitrogen and oxygen atoms in total. The van der Waals surface area contributed by atoms with Crippen molar-refractivity contribution in [2.75, 3.05) is 54.1 Å². The molecule has 0 aliphatic heterocycles. The minimum absolute atomic E-state index is 0.0796. The van der Waals surface area contributed by atoms with E-state index in [1.807, 2.05) is 21.1 Å². The molecule has 0 aliphatic carbocycles. The minimum Gasteiger partial charge on any atom is -0.457 e. The van der Waals surface area contributed by atoms with E-state index < -0.39 is 13.9 Å². The highest BCUT2D eigenvalue weighted by Crippen LogP contribution is 2.43. The molecule has 0 fully saturated rings. The Morgan fingerprint density at radius 3 is 1.60 bits per heavy atom. The van der Waals surface area contributed by atoms with Crippen LogP contribution in [0.15, 0.2) is 72.9 Å². The van der Waals surface area contributed by atoms with Gasteiger partial charge in [0.15, 0.2) is 0 Å². The number of hydrogen-bond acceptors (Lipinski definition) is 6. The Balaban J connectivity index is 4.28. The lowest BCUT2D eigenvalue weighted by molar-refractivity contribution is -0.870. The quantitative estimate of drug-likeness (QED) is 0.0218. The zero-order chi connectivity index (χ0) is 40.6. The van der Waals surface area contributed by atoms with Crippen molar-refractivity contribution in [2.45, 2.75) is 161 Å². The van der Waals surface area contributed by atoms with Crippen LogP contribution in [0.4, 0.5) is 0 Å². The number of rotatable bonds is 39. The third-order valence-electron chi connectivity index (χ3n) is 8.75. The Morgan fingerprint density at radius 1 is 0.582 bits per heavy atom. The average Bonchev–Trinajstić information content (AvgIpc) is 3.13. The highest BCUT2D eigenvalue weighted by Gasteiger charge is 2.26. The molecule has 0 saturated heterocycles. The van der Waals surface area contributed by atoms with Crippen molar-refractivity contribution in [3.63, 3.8) is 0 Å². The van der Waals surface area contributed by atoms with Gasteiger partial charge in [-0.2, -0.15) is 0 Å². The highest BCUT2D eigenvalue weighted by atomic mass is 31.2. The number of phosphoric acid groups is 1. The van der Waals surface area contributed by atoms with Crippen molar-refractivity contribution in [3.8, 4) is 0 Å². The summed E-state index contributed by atoms with van der Waals surface area (Å²) >= 11 is 0. The molecule has 55 heavy (non-hydrogen) atoms. The summed E-state index contributed by atoms with van der Waals surface area (Å²) in [5, 5.41) is 0. The number of ether oxygens (including phenoxy) is 2. The number of carbonyl (C=O) groups excluding carboxylic acids is 1. The van der Waals surface area contributed by atoms with E-state index in [1.54, 1.807) is 0 Å².